The van der Waals surface area contributed by atoms with Crippen molar-refractivity contribution in [1.29, 1.82) is 0 Å². The number of hydrogen-bond acceptors (Lipinski definition) is 9. The van der Waals surface area contributed by atoms with Crippen molar-refractivity contribution in [2.45, 2.75) is 89.4 Å². The average Bonchev–Trinajstić information content (AvgIpc) is 3.11. The molecule has 18 heteroatoms. The summed E-state index contributed by atoms with van der Waals surface area (Å²) in [6, 6.07) is 5.15. The third-order valence-electron chi connectivity index (χ3n) is 8.66. The lowest BCUT2D eigenvalue weighted by molar-refractivity contribution is -0.244. The molecule has 1 aliphatic heterocycles. The van der Waals surface area contributed by atoms with Gasteiger partial charge < -0.3 is 45.6 Å². The summed E-state index contributed by atoms with van der Waals surface area (Å²) in [5.41, 5.74) is 0.370. The Morgan fingerprint density at radius 2 is 1.48 bits per heavy atom. The van der Waals surface area contributed by atoms with E-state index >= 15 is 0 Å². The first-order chi connectivity index (χ1) is 24.7. The number of amides is 4. The zero-order valence-corrected chi connectivity index (χ0v) is 29.6. The van der Waals surface area contributed by atoms with Crippen LogP contribution in [0.2, 0.25) is 0 Å². The number of hydrogen-bond donors (Lipinski definition) is 6. The Morgan fingerprint density at radius 3 is 2.08 bits per heavy atom. The smallest absolute Gasteiger partial charge is 0.250 e. The van der Waals surface area contributed by atoms with Gasteiger partial charge in [0.05, 0.1) is 6.61 Å². The van der Waals surface area contributed by atoms with Crippen molar-refractivity contribution < 1.29 is 44.0 Å². The van der Waals surface area contributed by atoms with Gasteiger partial charge in [-0.3, -0.25) is 19.2 Å². The SMILES string of the molecule is [B]c1c([B])c([B])c(C(=O)NCCCCCN(CCC(=O)Nc2ccc(OC3OC(CO)C(O)C(O)C3NC(C)=O)cc2)C(=O)CCCC)c([B])c1[B]. The van der Waals surface area contributed by atoms with Gasteiger partial charge in [-0.25, -0.2) is 0 Å². The third kappa shape index (κ3) is 11.6. The molecule has 0 bridgehead atoms. The minimum absolute atomic E-state index is 0.00616. The van der Waals surface area contributed by atoms with Gasteiger partial charge in [-0.15, -0.1) is 16.4 Å². The highest BCUT2D eigenvalue weighted by Gasteiger charge is 2.46. The van der Waals surface area contributed by atoms with Gasteiger partial charge in [0.2, 0.25) is 29.9 Å². The molecule has 268 valence electrons. The molecule has 4 amide bonds. The Kier molecular flexibility index (Phi) is 16.8. The first-order valence-electron chi connectivity index (χ1n) is 17.2. The van der Waals surface area contributed by atoms with Crippen LogP contribution in [0.25, 0.3) is 0 Å². The Hall–Kier alpha value is -3.72. The fourth-order valence-corrected chi connectivity index (χ4v) is 5.62. The number of nitrogens with one attached hydrogen (secondary N) is 3. The number of ether oxygens (including phenoxy) is 2. The summed E-state index contributed by atoms with van der Waals surface area (Å²) in [7, 11) is 29.4. The molecule has 5 atom stereocenters. The lowest BCUT2D eigenvalue weighted by Gasteiger charge is -2.42. The van der Waals surface area contributed by atoms with Crippen LogP contribution in [0.1, 0.15) is 69.2 Å². The van der Waals surface area contributed by atoms with Crippen molar-refractivity contribution in [3.05, 3.63) is 29.8 Å². The lowest BCUT2D eigenvalue weighted by atomic mass is 9.60. The van der Waals surface area contributed by atoms with Crippen LogP contribution in [-0.2, 0) is 19.1 Å². The van der Waals surface area contributed by atoms with E-state index in [1.807, 2.05) is 6.92 Å². The average molecular weight is 706 g/mol. The van der Waals surface area contributed by atoms with E-state index in [-0.39, 0.29) is 63.4 Å². The molecule has 52 heavy (non-hydrogen) atoms. The monoisotopic (exact) mass is 706 g/mol. The maximum absolute atomic E-state index is 12.9. The van der Waals surface area contributed by atoms with Crippen molar-refractivity contribution in [3.63, 3.8) is 0 Å². The molecule has 0 aromatic heterocycles. The number of carbonyl (C=O) groups excluding carboxylic acids is 4. The highest BCUT2D eigenvalue weighted by molar-refractivity contribution is 6.68. The zero-order valence-electron chi connectivity index (χ0n) is 29.6. The summed E-state index contributed by atoms with van der Waals surface area (Å²) >= 11 is 0. The predicted molar refractivity (Wildman–Crippen MR) is 201 cm³/mol. The summed E-state index contributed by atoms with van der Waals surface area (Å²) in [6.07, 6.45) is -1.31. The number of anilines is 1. The molecule has 2 aromatic rings. The quantitative estimate of drug-likeness (QED) is 0.0663. The van der Waals surface area contributed by atoms with E-state index in [2.05, 4.69) is 16.0 Å². The van der Waals surface area contributed by atoms with E-state index in [0.717, 1.165) is 12.8 Å². The zero-order chi connectivity index (χ0) is 38.5. The van der Waals surface area contributed by atoms with Crippen molar-refractivity contribution in [1.82, 2.24) is 15.5 Å². The Morgan fingerprint density at radius 1 is 0.846 bits per heavy atom. The second-order valence-corrected chi connectivity index (χ2v) is 12.6. The van der Waals surface area contributed by atoms with Gasteiger partial charge in [0.15, 0.2) is 0 Å². The molecule has 5 unspecified atom stereocenters. The maximum atomic E-state index is 12.9. The van der Waals surface area contributed by atoms with Crippen molar-refractivity contribution in [2.75, 3.05) is 31.6 Å². The number of carbonyl (C=O) groups is 4. The molecule has 13 nitrogen and oxygen atoms in total. The fourth-order valence-electron chi connectivity index (χ4n) is 5.62. The molecule has 0 saturated carbocycles. The van der Waals surface area contributed by atoms with Crippen LogP contribution in [0.5, 0.6) is 5.75 Å². The third-order valence-corrected chi connectivity index (χ3v) is 8.66. The summed E-state index contributed by atoms with van der Waals surface area (Å²) in [5, 5.41) is 38.2. The van der Waals surface area contributed by atoms with E-state index in [1.165, 1.54) is 6.92 Å². The van der Waals surface area contributed by atoms with Crippen LogP contribution in [0, 0.1) is 0 Å². The van der Waals surface area contributed by atoms with Gasteiger partial charge in [-0.1, -0.05) is 24.3 Å². The lowest BCUT2D eigenvalue weighted by Crippen LogP contribution is -2.65. The number of aliphatic hydroxyl groups excluding tert-OH is 3. The van der Waals surface area contributed by atoms with Gasteiger partial charge in [-0.2, -0.15) is 0 Å². The highest BCUT2D eigenvalue weighted by atomic mass is 16.7. The summed E-state index contributed by atoms with van der Waals surface area (Å²) < 4.78 is 11.4. The molecule has 10 radical (unpaired) electrons. The number of aliphatic hydroxyl groups is 3. The largest absolute Gasteiger partial charge is 0.463 e. The van der Waals surface area contributed by atoms with E-state index in [0.29, 0.717) is 44.5 Å². The molecule has 0 spiro atoms. The summed E-state index contributed by atoms with van der Waals surface area (Å²) in [6.45, 7) is 3.62. The Bertz CT molecular complexity index is 1520. The van der Waals surface area contributed by atoms with Crippen molar-refractivity contribution >= 4 is 95.9 Å². The van der Waals surface area contributed by atoms with E-state index in [9.17, 15) is 34.5 Å². The molecular formula is C34H43B5N4O9. The van der Waals surface area contributed by atoms with Crippen molar-refractivity contribution in [2.24, 2.45) is 0 Å². The molecular weight excluding hydrogens is 662 g/mol. The van der Waals surface area contributed by atoms with Gasteiger partial charge in [0, 0.05) is 50.7 Å². The fraction of sp³-hybridized carbons (Fsp3) is 0.529. The van der Waals surface area contributed by atoms with Crippen LogP contribution >= 0.6 is 0 Å². The number of benzene rings is 2. The van der Waals surface area contributed by atoms with E-state index in [4.69, 9.17) is 48.7 Å². The molecule has 1 saturated heterocycles. The van der Waals surface area contributed by atoms with Crippen molar-refractivity contribution in [3.8, 4) is 5.75 Å². The summed E-state index contributed by atoms with van der Waals surface area (Å²) in [4.78, 5) is 51.9. The normalized spacial score (nSPS) is 19.8. The molecule has 2 aromatic carbocycles. The van der Waals surface area contributed by atoms with Gasteiger partial charge >= 0.3 is 0 Å². The van der Waals surface area contributed by atoms with Crippen LogP contribution in [0.3, 0.4) is 0 Å². The van der Waals surface area contributed by atoms with Crippen LogP contribution in [-0.4, -0.2) is 140 Å². The minimum atomic E-state index is -1.46. The number of unbranched alkanes of at least 4 members (excludes halogenated alkanes) is 3. The molecule has 1 fully saturated rings. The Labute approximate surface area is 311 Å². The van der Waals surface area contributed by atoms with Crippen LogP contribution in [0.4, 0.5) is 5.69 Å². The second-order valence-electron chi connectivity index (χ2n) is 12.6. The van der Waals surface area contributed by atoms with Gasteiger partial charge in [0.25, 0.3) is 0 Å². The second kappa shape index (κ2) is 20.5. The Balaban J connectivity index is 1.49. The molecule has 6 N–H and O–H groups in total. The number of nitrogens with zero attached hydrogens (tertiary/aromatic N) is 1. The van der Waals surface area contributed by atoms with Gasteiger partial charge in [0.1, 0.15) is 69.3 Å². The number of rotatable bonds is 18. The maximum Gasteiger partial charge on any atom is 0.250 e. The predicted octanol–water partition coefficient (Wildman–Crippen LogP) is -4.07. The van der Waals surface area contributed by atoms with Gasteiger partial charge in [-0.05, 0) is 49.9 Å². The van der Waals surface area contributed by atoms with Crippen LogP contribution in [0.15, 0.2) is 24.3 Å². The first-order valence-corrected chi connectivity index (χ1v) is 17.2. The van der Waals surface area contributed by atoms with E-state index < -0.39 is 49.1 Å². The molecule has 3 rings (SSSR count). The standard InChI is InChI=1S/C34H43B5N4O9/c1-3-4-8-23(47)43(15-7-5-6-14-40-33(50)24-25(35)27(37)29(39)28(38)26(24)36)16-13-22(46)42-19-9-11-20(12-10-19)51-34-30(41-18(2)45)32(49)31(48)21(17-44)52-34/h9-12,21,30-32,34,44,48-49H,3-8,13-17H2,1-2H3,(H,40,50)(H,41,45)(H,42,46). The molecule has 1 heterocycles. The first kappa shape index (κ1) is 42.7. The van der Waals surface area contributed by atoms with E-state index in [1.54, 1.807) is 29.2 Å². The molecule has 1 aliphatic rings. The highest BCUT2D eigenvalue weighted by Crippen LogP contribution is 2.25. The summed E-state index contributed by atoms with van der Waals surface area (Å²) in [5.74, 6) is -1.08. The minimum Gasteiger partial charge on any atom is -0.463 e. The van der Waals surface area contributed by atoms with Crippen LogP contribution < -0.4 is 48.0 Å². The topological polar surface area (TPSA) is 187 Å². The molecule has 0 aliphatic carbocycles.